The number of hydrogen-bond donors (Lipinski definition) is 1. The third kappa shape index (κ3) is 2.50. The molecule has 1 saturated heterocycles. The number of para-hydroxylation sites is 1. The van der Waals surface area contributed by atoms with Crippen molar-refractivity contribution in [2.45, 2.75) is 0 Å². The van der Waals surface area contributed by atoms with E-state index in [1.165, 1.54) is 11.0 Å². The molecule has 0 atom stereocenters. The predicted molar refractivity (Wildman–Crippen MR) is 69.9 cm³/mol. The molecule has 0 amide bonds. The summed E-state index contributed by atoms with van der Waals surface area (Å²) in [5.74, 6) is 0. The normalized spacial score (nSPS) is 17.1. The van der Waals surface area contributed by atoms with Crippen molar-refractivity contribution in [3.63, 3.8) is 0 Å². The maximum atomic E-state index is 3.40. The summed E-state index contributed by atoms with van der Waals surface area (Å²) in [5.41, 5.74) is 1.45. The topological polar surface area (TPSA) is 15.3 Å². The summed E-state index contributed by atoms with van der Waals surface area (Å²) in [6.07, 6.45) is 0. The van der Waals surface area contributed by atoms with E-state index >= 15 is 0 Å². The van der Waals surface area contributed by atoms with Crippen molar-refractivity contribution in [3.05, 3.63) is 24.3 Å². The van der Waals surface area contributed by atoms with Gasteiger partial charge < -0.3 is 10.2 Å². The summed E-state index contributed by atoms with van der Waals surface area (Å²) in [7, 11) is -0.00325. The Balaban J connectivity index is 2.25. The number of nitrogens with one attached hydrogen (secondary N) is 1. The Bertz CT molecular complexity index is 319. The van der Waals surface area contributed by atoms with Crippen molar-refractivity contribution in [2.75, 3.05) is 44.4 Å². The minimum Gasteiger partial charge on any atom is -0.368 e. The summed E-state index contributed by atoms with van der Waals surface area (Å²) in [4.78, 5) is 2.51. The second-order valence-electron chi connectivity index (χ2n) is 4.12. The van der Waals surface area contributed by atoms with Gasteiger partial charge in [-0.2, -0.15) is 0 Å². The minimum absolute atomic E-state index is 0.00325. The maximum Gasteiger partial charge on any atom is 0.0444 e. The first-order chi connectivity index (χ1) is 7.29. The highest BCUT2D eigenvalue weighted by molar-refractivity contribution is 7.64. The van der Waals surface area contributed by atoms with Crippen molar-refractivity contribution in [3.8, 4) is 0 Å². The Kier molecular flexibility index (Phi) is 3.61. The van der Waals surface area contributed by atoms with E-state index in [-0.39, 0.29) is 7.92 Å². The molecule has 0 unspecified atom stereocenters. The quantitative estimate of drug-likeness (QED) is 0.762. The molecule has 0 bridgehead atoms. The first-order valence-corrected chi connectivity index (χ1v) is 7.74. The van der Waals surface area contributed by atoms with Crippen LogP contribution in [-0.4, -0.2) is 39.5 Å². The van der Waals surface area contributed by atoms with Gasteiger partial charge in [0.25, 0.3) is 0 Å². The van der Waals surface area contributed by atoms with Crippen LogP contribution in [0, 0.1) is 0 Å². The summed E-state index contributed by atoms with van der Waals surface area (Å²) in [6.45, 7) is 9.16. The van der Waals surface area contributed by atoms with Gasteiger partial charge in [0.2, 0.25) is 0 Å². The van der Waals surface area contributed by atoms with Crippen LogP contribution >= 0.6 is 7.92 Å². The second kappa shape index (κ2) is 4.96. The number of hydrogen-bond acceptors (Lipinski definition) is 2. The molecule has 0 radical (unpaired) electrons. The highest BCUT2D eigenvalue weighted by Crippen LogP contribution is 2.29. The van der Waals surface area contributed by atoms with Crippen LogP contribution in [0.25, 0.3) is 0 Å². The molecular weight excluding hydrogens is 203 g/mol. The van der Waals surface area contributed by atoms with Gasteiger partial charge in [0.05, 0.1) is 0 Å². The van der Waals surface area contributed by atoms with E-state index in [4.69, 9.17) is 0 Å². The molecule has 0 aliphatic carbocycles. The maximum absolute atomic E-state index is 3.40. The Morgan fingerprint density at radius 2 is 1.80 bits per heavy atom. The Morgan fingerprint density at radius 3 is 2.47 bits per heavy atom. The summed E-state index contributed by atoms with van der Waals surface area (Å²) in [6, 6.07) is 8.86. The molecule has 82 valence electrons. The molecule has 0 spiro atoms. The highest BCUT2D eigenvalue weighted by Gasteiger charge is 2.14. The van der Waals surface area contributed by atoms with E-state index < -0.39 is 0 Å². The fraction of sp³-hybridized carbons (Fsp3) is 0.500. The van der Waals surface area contributed by atoms with E-state index in [2.05, 4.69) is 47.8 Å². The van der Waals surface area contributed by atoms with Gasteiger partial charge in [0.15, 0.2) is 0 Å². The molecule has 1 heterocycles. The van der Waals surface area contributed by atoms with Crippen LogP contribution < -0.4 is 15.5 Å². The zero-order chi connectivity index (χ0) is 10.7. The lowest BCUT2D eigenvalue weighted by Gasteiger charge is -2.31. The SMILES string of the molecule is CP(C)c1ccccc1N1CCNCC1. The number of benzene rings is 1. The second-order valence-corrected chi connectivity index (χ2v) is 6.39. The van der Waals surface area contributed by atoms with Gasteiger partial charge in [-0.05, 0) is 24.7 Å². The minimum atomic E-state index is -0.00325. The van der Waals surface area contributed by atoms with Gasteiger partial charge in [-0.25, -0.2) is 0 Å². The first-order valence-electron chi connectivity index (χ1n) is 5.51. The monoisotopic (exact) mass is 222 g/mol. The molecule has 0 saturated carbocycles. The number of rotatable bonds is 2. The molecule has 1 aromatic rings. The van der Waals surface area contributed by atoms with Crippen LogP contribution in [0.2, 0.25) is 0 Å². The van der Waals surface area contributed by atoms with E-state index in [1.54, 1.807) is 0 Å². The van der Waals surface area contributed by atoms with Gasteiger partial charge in [-0.3, -0.25) is 0 Å². The molecular formula is C12H19N2P. The van der Waals surface area contributed by atoms with Crippen LogP contribution in [-0.2, 0) is 0 Å². The fourth-order valence-electron chi connectivity index (χ4n) is 2.02. The average Bonchev–Trinajstić information content (AvgIpc) is 2.30. The van der Waals surface area contributed by atoms with Gasteiger partial charge in [0, 0.05) is 31.9 Å². The van der Waals surface area contributed by atoms with Crippen LogP contribution in [0.15, 0.2) is 24.3 Å². The summed E-state index contributed by atoms with van der Waals surface area (Å²) >= 11 is 0. The van der Waals surface area contributed by atoms with Crippen LogP contribution in [0.5, 0.6) is 0 Å². The molecule has 3 heteroatoms. The van der Waals surface area contributed by atoms with Crippen LogP contribution in [0.1, 0.15) is 0 Å². The standard InChI is InChI=1S/C12H19N2P/c1-15(2)12-6-4-3-5-11(12)14-9-7-13-8-10-14/h3-6,13H,7-10H2,1-2H3. The number of piperazine rings is 1. The molecule has 15 heavy (non-hydrogen) atoms. The van der Waals surface area contributed by atoms with Gasteiger partial charge in [0.1, 0.15) is 0 Å². The van der Waals surface area contributed by atoms with Crippen molar-refractivity contribution in [1.29, 1.82) is 0 Å². The molecule has 1 aromatic carbocycles. The number of anilines is 1. The molecule has 1 fully saturated rings. The zero-order valence-electron chi connectivity index (χ0n) is 9.53. The first kappa shape index (κ1) is 10.9. The van der Waals surface area contributed by atoms with Crippen molar-refractivity contribution < 1.29 is 0 Å². The van der Waals surface area contributed by atoms with Gasteiger partial charge in [-0.15, -0.1) is 0 Å². The van der Waals surface area contributed by atoms with E-state index in [0.29, 0.717) is 0 Å². The summed E-state index contributed by atoms with van der Waals surface area (Å²) < 4.78 is 0. The molecule has 1 N–H and O–H groups in total. The molecule has 1 aliphatic heterocycles. The summed E-state index contributed by atoms with van der Waals surface area (Å²) in [5, 5.41) is 4.93. The van der Waals surface area contributed by atoms with Crippen molar-refractivity contribution in [1.82, 2.24) is 5.32 Å². The molecule has 2 nitrogen and oxygen atoms in total. The smallest absolute Gasteiger partial charge is 0.0444 e. The Labute approximate surface area is 93.4 Å². The number of nitrogens with zero attached hydrogens (tertiary/aromatic N) is 1. The van der Waals surface area contributed by atoms with E-state index in [0.717, 1.165) is 26.2 Å². The largest absolute Gasteiger partial charge is 0.368 e. The molecule has 2 rings (SSSR count). The Hall–Kier alpha value is -0.590. The van der Waals surface area contributed by atoms with Crippen molar-refractivity contribution in [2.24, 2.45) is 0 Å². The van der Waals surface area contributed by atoms with Gasteiger partial charge >= 0.3 is 0 Å². The van der Waals surface area contributed by atoms with Crippen molar-refractivity contribution >= 4 is 18.9 Å². The van der Waals surface area contributed by atoms with Crippen LogP contribution in [0.3, 0.4) is 0 Å². The van der Waals surface area contributed by atoms with Crippen LogP contribution in [0.4, 0.5) is 5.69 Å². The fourth-order valence-corrected chi connectivity index (χ4v) is 3.07. The molecule has 0 aromatic heterocycles. The Morgan fingerprint density at radius 1 is 1.13 bits per heavy atom. The molecule has 1 aliphatic rings. The predicted octanol–water partition coefficient (Wildman–Crippen LogP) is 1.46. The van der Waals surface area contributed by atoms with Gasteiger partial charge in [-0.1, -0.05) is 26.1 Å². The third-order valence-electron chi connectivity index (χ3n) is 2.82. The lowest BCUT2D eigenvalue weighted by atomic mass is 10.2. The third-order valence-corrected chi connectivity index (χ3v) is 4.16. The zero-order valence-corrected chi connectivity index (χ0v) is 10.4. The lowest BCUT2D eigenvalue weighted by molar-refractivity contribution is 0.590. The highest BCUT2D eigenvalue weighted by atomic mass is 31.1. The average molecular weight is 222 g/mol. The van der Waals surface area contributed by atoms with E-state index in [1.807, 2.05) is 0 Å². The van der Waals surface area contributed by atoms with E-state index in [9.17, 15) is 0 Å². The lowest BCUT2D eigenvalue weighted by Crippen LogP contribution is -2.44.